The fraction of sp³-hybridized carbons (Fsp3) is 0.500. The standard InChI is InChI=1S/C6H6F2O5/c7-6(8,5(12)13)3(9)1-2-4(10)11/h1-2H2,(H,10,11)(H,12,13). The number of hydrogen-bond donors (Lipinski definition) is 2. The second-order valence-corrected chi connectivity index (χ2v) is 2.20. The van der Waals surface area contributed by atoms with Crippen LogP contribution in [0.3, 0.4) is 0 Å². The van der Waals surface area contributed by atoms with E-state index in [9.17, 15) is 23.2 Å². The molecule has 0 aromatic rings. The third kappa shape index (κ3) is 3.14. The van der Waals surface area contributed by atoms with Gasteiger partial charge in [0.1, 0.15) is 0 Å². The van der Waals surface area contributed by atoms with Gasteiger partial charge < -0.3 is 10.2 Å². The minimum atomic E-state index is -4.49. The zero-order valence-corrected chi connectivity index (χ0v) is 6.29. The number of ketones is 1. The molecule has 13 heavy (non-hydrogen) atoms. The molecule has 7 heteroatoms. The first-order chi connectivity index (χ1) is 5.78. The van der Waals surface area contributed by atoms with E-state index in [0.717, 1.165) is 0 Å². The zero-order chi connectivity index (χ0) is 10.6. The lowest BCUT2D eigenvalue weighted by Gasteiger charge is -2.07. The van der Waals surface area contributed by atoms with Crippen molar-refractivity contribution in [2.75, 3.05) is 0 Å². The Hall–Kier alpha value is -1.53. The van der Waals surface area contributed by atoms with Crippen LogP contribution in [0.5, 0.6) is 0 Å². The summed E-state index contributed by atoms with van der Waals surface area (Å²) in [6.07, 6.45) is -1.80. The molecular weight excluding hydrogens is 190 g/mol. The zero-order valence-electron chi connectivity index (χ0n) is 6.29. The summed E-state index contributed by atoms with van der Waals surface area (Å²) in [5.41, 5.74) is 0. The van der Waals surface area contributed by atoms with Crippen molar-refractivity contribution in [3.05, 3.63) is 0 Å². The van der Waals surface area contributed by atoms with Gasteiger partial charge in [-0.05, 0) is 0 Å². The Morgan fingerprint density at radius 3 is 1.85 bits per heavy atom. The minimum absolute atomic E-state index is 0.804. The Labute approximate surface area is 71.0 Å². The van der Waals surface area contributed by atoms with Crippen LogP contribution in [-0.4, -0.2) is 33.9 Å². The van der Waals surface area contributed by atoms with Crippen LogP contribution in [0, 0.1) is 0 Å². The van der Waals surface area contributed by atoms with E-state index in [0.29, 0.717) is 0 Å². The van der Waals surface area contributed by atoms with Gasteiger partial charge in [-0.2, -0.15) is 8.78 Å². The van der Waals surface area contributed by atoms with Gasteiger partial charge in [-0.3, -0.25) is 9.59 Å². The fourth-order valence-electron chi connectivity index (χ4n) is 0.497. The summed E-state index contributed by atoms with van der Waals surface area (Å²) in [6, 6.07) is 0. The maximum absolute atomic E-state index is 12.2. The first-order valence-electron chi connectivity index (χ1n) is 3.14. The van der Waals surface area contributed by atoms with Gasteiger partial charge in [0.25, 0.3) is 0 Å². The molecule has 0 aliphatic rings. The Morgan fingerprint density at radius 1 is 1.08 bits per heavy atom. The summed E-state index contributed by atoms with van der Waals surface area (Å²) in [4.78, 5) is 30.1. The number of carbonyl (C=O) groups excluding carboxylic acids is 1. The van der Waals surface area contributed by atoms with Crippen LogP contribution in [0.2, 0.25) is 0 Å². The summed E-state index contributed by atoms with van der Waals surface area (Å²) >= 11 is 0. The molecule has 0 saturated carbocycles. The highest BCUT2D eigenvalue weighted by Gasteiger charge is 2.46. The normalized spacial score (nSPS) is 10.9. The van der Waals surface area contributed by atoms with Crippen molar-refractivity contribution in [1.82, 2.24) is 0 Å². The predicted molar refractivity (Wildman–Crippen MR) is 34.5 cm³/mol. The van der Waals surface area contributed by atoms with E-state index in [4.69, 9.17) is 10.2 Å². The lowest BCUT2D eigenvalue weighted by atomic mass is 10.1. The highest BCUT2D eigenvalue weighted by Crippen LogP contribution is 2.17. The number of carboxylic acids is 2. The molecule has 0 aromatic heterocycles. The topological polar surface area (TPSA) is 91.7 Å². The third-order valence-corrected chi connectivity index (χ3v) is 1.18. The number of carboxylic acid groups (broad SMARTS) is 2. The van der Waals surface area contributed by atoms with Gasteiger partial charge in [0.05, 0.1) is 6.42 Å². The SMILES string of the molecule is O=C(O)CCC(=O)C(F)(F)C(=O)O. The molecule has 0 saturated heterocycles. The van der Waals surface area contributed by atoms with E-state index < -0.39 is 36.5 Å². The molecule has 2 N–H and O–H groups in total. The van der Waals surface area contributed by atoms with Crippen LogP contribution in [0.1, 0.15) is 12.8 Å². The number of carbonyl (C=O) groups is 3. The number of aliphatic carboxylic acids is 2. The molecule has 0 radical (unpaired) electrons. The van der Waals surface area contributed by atoms with Crippen LogP contribution < -0.4 is 0 Å². The maximum Gasteiger partial charge on any atom is 0.399 e. The molecule has 0 amide bonds. The van der Waals surface area contributed by atoms with Gasteiger partial charge >= 0.3 is 17.9 Å². The molecule has 74 valence electrons. The van der Waals surface area contributed by atoms with Crippen LogP contribution in [-0.2, 0) is 14.4 Å². The van der Waals surface area contributed by atoms with E-state index >= 15 is 0 Å². The van der Waals surface area contributed by atoms with E-state index in [2.05, 4.69) is 0 Å². The number of alkyl halides is 2. The first kappa shape index (κ1) is 11.5. The lowest BCUT2D eigenvalue weighted by molar-refractivity contribution is -0.172. The monoisotopic (exact) mass is 196 g/mol. The molecule has 0 aliphatic heterocycles. The summed E-state index contributed by atoms with van der Waals surface area (Å²) in [5, 5.41) is 15.9. The summed E-state index contributed by atoms with van der Waals surface area (Å²) in [6.45, 7) is 0. The summed E-state index contributed by atoms with van der Waals surface area (Å²) in [5.74, 6) is -10.4. The van der Waals surface area contributed by atoms with Crippen molar-refractivity contribution in [2.45, 2.75) is 18.8 Å². The van der Waals surface area contributed by atoms with Crippen molar-refractivity contribution in [2.24, 2.45) is 0 Å². The van der Waals surface area contributed by atoms with Crippen LogP contribution in [0.25, 0.3) is 0 Å². The molecule has 0 fully saturated rings. The average molecular weight is 196 g/mol. The first-order valence-corrected chi connectivity index (χ1v) is 3.14. The molecule has 0 rings (SSSR count). The van der Waals surface area contributed by atoms with Gasteiger partial charge in [-0.1, -0.05) is 0 Å². The third-order valence-electron chi connectivity index (χ3n) is 1.18. The largest absolute Gasteiger partial charge is 0.481 e. The smallest absolute Gasteiger partial charge is 0.399 e. The number of halogens is 2. The molecule has 0 atom stereocenters. The van der Waals surface area contributed by atoms with Crippen LogP contribution >= 0.6 is 0 Å². The van der Waals surface area contributed by atoms with Gasteiger partial charge in [0.2, 0.25) is 5.78 Å². The molecule has 0 bridgehead atoms. The number of hydrogen-bond acceptors (Lipinski definition) is 3. The second kappa shape index (κ2) is 3.92. The van der Waals surface area contributed by atoms with E-state index in [1.165, 1.54) is 0 Å². The van der Waals surface area contributed by atoms with Crippen molar-refractivity contribution >= 4 is 17.7 Å². The van der Waals surface area contributed by atoms with Gasteiger partial charge in [-0.25, -0.2) is 4.79 Å². The lowest BCUT2D eigenvalue weighted by Crippen LogP contribution is -2.37. The quantitative estimate of drug-likeness (QED) is 0.610. The van der Waals surface area contributed by atoms with Crippen LogP contribution in [0.15, 0.2) is 0 Å². The highest BCUT2D eigenvalue weighted by atomic mass is 19.3. The maximum atomic E-state index is 12.2. The summed E-state index contributed by atoms with van der Waals surface area (Å²) in [7, 11) is 0. The highest BCUT2D eigenvalue weighted by molar-refractivity contribution is 6.05. The minimum Gasteiger partial charge on any atom is -0.481 e. The Bertz CT molecular complexity index is 247. The molecule has 0 heterocycles. The Balaban J connectivity index is 4.26. The number of rotatable bonds is 5. The molecule has 0 spiro atoms. The molecule has 5 nitrogen and oxygen atoms in total. The molecule has 0 aliphatic carbocycles. The van der Waals surface area contributed by atoms with Gasteiger partial charge in [0.15, 0.2) is 0 Å². The molecular formula is C6H6F2O5. The van der Waals surface area contributed by atoms with Gasteiger partial charge in [0, 0.05) is 6.42 Å². The fourth-order valence-corrected chi connectivity index (χ4v) is 0.497. The van der Waals surface area contributed by atoms with Crippen molar-refractivity contribution in [3.63, 3.8) is 0 Å². The average Bonchev–Trinajstić information content (AvgIpc) is 1.99. The van der Waals surface area contributed by atoms with Crippen molar-refractivity contribution in [1.29, 1.82) is 0 Å². The van der Waals surface area contributed by atoms with E-state index in [-0.39, 0.29) is 0 Å². The predicted octanol–water partition coefficient (Wildman–Crippen LogP) is 0.140. The molecule has 0 unspecified atom stereocenters. The van der Waals surface area contributed by atoms with E-state index in [1.807, 2.05) is 0 Å². The van der Waals surface area contributed by atoms with Gasteiger partial charge in [-0.15, -0.1) is 0 Å². The second-order valence-electron chi connectivity index (χ2n) is 2.20. The molecule has 0 aromatic carbocycles. The Morgan fingerprint density at radius 2 is 1.54 bits per heavy atom. The Kier molecular flexibility index (Phi) is 3.46. The van der Waals surface area contributed by atoms with Crippen molar-refractivity contribution in [3.8, 4) is 0 Å². The van der Waals surface area contributed by atoms with E-state index in [1.54, 1.807) is 0 Å². The number of Topliss-reactive ketones (excluding diaryl/α,β-unsaturated/α-hetero) is 1. The van der Waals surface area contributed by atoms with Crippen LogP contribution in [0.4, 0.5) is 8.78 Å². The van der Waals surface area contributed by atoms with Crippen molar-refractivity contribution < 1.29 is 33.4 Å². The summed E-state index contributed by atoms with van der Waals surface area (Å²) < 4.78 is 24.5.